The third kappa shape index (κ3) is 6.75. The second-order valence-electron chi connectivity index (χ2n) is 8.22. The Morgan fingerprint density at radius 1 is 1.24 bits per heavy atom. The van der Waals surface area contributed by atoms with Crippen LogP contribution < -0.4 is 15.6 Å². The average molecular weight is 500 g/mol. The zero-order valence-corrected chi connectivity index (χ0v) is 20.0. The Kier molecular flexibility index (Phi) is 8.09. The lowest BCUT2D eigenvalue weighted by molar-refractivity contribution is -0.121. The summed E-state index contributed by atoms with van der Waals surface area (Å²) >= 11 is 5.94. The third-order valence-electron chi connectivity index (χ3n) is 5.58. The summed E-state index contributed by atoms with van der Waals surface area (Å²) in [4.78, 5) is 30.2. The number of sulfonamides is 1. The number of carbonyl (C=O) groups is 2. The van der Waals surface area contributed by atoms with Crippen LogP contribution in [-0.2, 0) is 21.9 Å². The number of nitrogens with zero attached hydrogens (tertiary/aromatic N) is 2. The van der Waals surface area contributed by atoms with E-state index in [1.54, 1.807) is 31.1 Å². The fourth-order valence-corrected chi connectivity index (χ4v) is 5.32. The summed E-state index contributed by atoms with van der Waals surface area (Å²) < 4.78 is 41.1. The lowest BCUT2D eigenvalue weighted by Crippen LogP contribution is -2.45. The van der Waals surface area contributed by atoms with Crippen molar-refractivity contribution in [3.05, 3.63) is 41.1 Å². The van der Waals surface area contributed by atoms with Crippen LogP contribution in [0.4, 0.5) is 4.39 Å². The van der Waals surface area contributed by atoms with Crippen LogP contribution >= 0.6 is 11.6 Å². The Balaban J connectivity index is 1.59. The van der Waals surface area contributed by atoms with Crippen molar-refractivity contribution >= 4 is 33.4 Å². The van der Waals surface area contributed by atoms with E-state index in [0.29, 0.717) is 43.4 Å². The molecule has 3 N–H and O–H groups in total. The average Bonchev–Trinajstić information content (AvgIpc) is 3.21. The highest BCUT2D eigenvalue weighted by Gasteiger charge is 2.27. The molecule has 0 atom stereocenters. The van der Waals surface area contributed by atoms with Gasteiger partial charge in [-0.2, -0.15) is 0 Å². The molecule has 3 rings (SSSR count). The summed E-state index contributed by atoms with van der Waals surface area (Å²) in [5.74, 6) is -2.23. The highest BCUT2D eigenvalue weighted by molar-refractivity contribution is 7.89. The number of carbonyl (C=O) groups excluding carboxylic acids is 2. The molecular weight excluding hydrogens is 473 g/mol. The van der Waals surface area contributed by atoms with Crippen molar-refractivity contribution in [1.29, 1.82) is 0 Å². The molecule has 0 bridgehead atoms. The van der Waals surface area contributed by atoms with Gasteiger partial charge in [-0.05, 0) is 43.7 Å². The molecule has 1 fully saturated rings. The maximum absolute atomic E-state index is 14.5. The normalized spacial score (nSPS) is 18.7. The van der Waals surface area contributed by atoms with Gasteiger partial charge in [-0.3, -0.25) is 15.0 Å². The van der Waals surface area contributed by atoms with Crippen LogP contribution in [0.5, 0.6) is 0 Å². The van der Waals surface area contributed by atoms with Crippen LogP contribution in [0.15, 0.2) is 24.7 Å². The quantitative estimate of drug-likeness (QED) is 0.482. The van der Waals surface area contributed by atoms with Crippen molar-refractivity contribution in [3.63, 3.8) is 0 Å². The molecule has 12 heteroatoms. The van der Waals surface area contributed by atoms with Crippen LogP contribution in [0.2, 0.25) is 5.02 Å². The molecule has 33 heavy (non-hydrogen) atoms. The van der Waals surface area contributed by atoms with Gasteiger partial charge in [0.25, 0.3) is 5.91 Å². The Bertz CT molecular complexity index is 1130. The fourth-order valence-electron chi connectivity index (χ4n) is 3.81. The first-order chi connectivity index (χ1) is 15.6. The van der Waals surface area contributed by atoms with E-state index in [0.717, 1.165) is 0 Å². The molecule has 0 aliphatic heterocycles. The number of benzene rings is 1. The monoisotopic (exact) mass is 499 g/mol. The van der Waals surface area contributed by atoms with Gasteiger partial charge in [0.2, 0.25) is 15.9 Å². The van der Waals surface area contributed by atoms with Crippen LogP contribution in [-0.4, -0.2) is 41.6 Å². The van der Waals surface area contributed by atoms with E-state index in [1.165, 1.54) is 12.1 Å². The number of aryl methyl sites for hydroxylation is 1. The summed E-state index contributed by atoms with van der Waals surface area (Å²) in [6, 6.07) is 2.67. The minimum atomic E-state index is -3.85. The summed E-state index contributed by atoms with van der Waals surface area (Å²) in [5, 5.41) is 2.64. The van der Waals surface area contributed by atoms with Crippen molar-refractivity contribution in [2.75, 3.05) is 5.75 Å². The van der Waals surface area contributed by atoms with Gasteiger partial charge in [-0.15, -0.1) is 4.83 Å². The summed E-state index contributed by atoms with van der Waals surface area (Å²) in [6.07, 6.45) is 6.31. The molecule has 1 aliphatic carbocycles. The minimum absolute atomic E-state index is 0.0186. The third-order valence-corrected chi connectivity index (χ3v) is 7.18. The predicted molar refractivity (Wildman–Crippen MR) is 122 cm³/mol. The van der Waals surface area contributed by atoms with Crippen molar-refractivity contribution in [3.8, 4) is 11.3 Å². The fraction of sp³-hybridized carbons (Fsp3) is 0.476. The number of nitrogens with one attached hydrogen (secondary N) is 3. The van der Waals surface area contributed by atoms with Crippen LogP contribution in [0.3, 0.4) is 0 Å². The Morgan fingerprint density at radius 2 is 1.94 bits per heavy atom. The Morgan fingerprint density at radius 3 is 2.55 bits per heavy atom. The van der Waals surface area contributed by atoms with Gasteiger partial charge in [-0.1, -0.05) is 18.5 Å². The van der Waals surface area contributed by atoms with E-state index in [1.807, 2.05) is 4.83 Å². The van der Waals surface area contributed by atoms with Gasteiger partial charge in [-0.25, -0.2) is 17.8 Å². The highest BCUT2D eigenvalue weighted by Crippen LogP contribution is 2.27. The molecule has 1 aliphatic rings. The molecule has 0 spiro atoms. The Labute approximate surface area is 197 Å². The van der Waals surface area contributed by atoms with E-state index in [9.17, 15) is 22.4 Å². The van der Waals surface area contributed by atoms with Gasteiger partial charge < -0.3 is 9.88 Å². The zero-order valence-electron chi connectivity index (χ0n) is 18.4. The first kappa shape index (κ1) is 25.1. The second kappa shape index (κ2) is 10.6. The molecule has 1 aromatic heterocycles. The SMILES string of the molecule is CCC(=O)NC1CCC(CS(=O)(=O)NNC(=O)c2cc(-c3cn(C)cn3)cc(Cl)c2F)CC1. The molecule has 2 amide bonds. The topological polar surface area (TPSA) is 122 Å². The molecule has 9 nitrogen and oxygen atoms in total. The van der Waals surface area contributed by atoms with Crippen LogP contribution in [0.1, 0.15) is 49.4 Å². The number of amides is 2. The molecule has 180 valence electrons. The number of hydrogen-bond donors (Lipinski definition) is 3. The number of rotatable bonds is 8. The summed E-state index contributed by atoms with van der Waals surface area (Å²) in [5.41, 5.74) is 2.56. The van der Waals surface area contributed by atoms with Crippen LogP contribution in [0, 0.1) is 11.7 Å². The van der Waals surface area contributed by atoms with Crippen molar-refractivity contribution < 1.29 is 22.4 Å². The zero-order chi connectivity index (χ0) is 24.2. The lowest BCUT2D eigenvalue weighted by atomic mass is 9.87. The van der Waals surface area contributed by atoms with Gasteiger partial charge in [0.15, 0.2) is 5.82 Å². The van der Waals surface area contributed by atoms with Gasteiger partial charge >= 0.3 is 0 Å². The smallest absolute Gasteiger partial charge is 0.269 e. The maximum atomic E-state index is 14.5. The number of halogens is 2. The molecule has 0 saturated heterocycles. The van der Waals surface area contributed by atoms with E-state index >= 15 is 0 Å². The Hall–Kier alpha value is -2.50. The summed E-state index contributed by atoms with van der Waals surface area (Å²) in [6.45, 7) is 1.78. The lowest BCUT2D eigenvalue weighted by Gasteiger charge is -2.28. The number of imidazole rings is 1. The van der Waals surface area contributed by atoms with E-state index < -0.39 is 27.3 Å². The molecule has 0 unspecified atom stereocenters. The summed E-state index contributed by atoms with van der Waals surface area (Å²) in [7, 11) is -2.09. The van der Waals surface area contributed by atoms with Crippen molar-refractivity contribution in [2.24, 2.45) is 13.0 Å². The standard InChI is InChI=1S/C21H27ClFN5O4S/c1-3-19(29)25-15-6-4-13(5-7-15)11-33(31,32)27-26-21(30)16-8-14(9-17(22)20(16)23)18-10-28(2)12-24-18/h8-10,12-13,15,27H,3-7,11H2,1-2H3,(H,25,29)(H,26,30). The van der Waals surface area contributed by atoms with E-state index in [-0.39, 0.29) is 28.6 Å². The molecule has 1 saturated carbocycles. The molecule has 1 heterocycles. The molecule has 1 aromatic carbocycles. The highest BCUT2D eigenvalue weighted by atomic mass is 35.5. The maximum Gasteiger partial charge on any atom is 0.269 e. The predicted octanol–water partition coefficient (Wildman–Crippen LogP) is 2.53. The molecule has 2 aromatic rings. The largest absolute Gasteiger partial charge is 0.353 e. The first-order valence-electron chi connectivity index (χ1n) is 10.6. The number of hydrogen-bond acceptors (Lipinski definition) is 5. The number of aromatic nitrogens is 2. The van der Waals surface area contributed by atoms with Gasteiger partial charge in [0, 0.05) is 31.3 Å². The molecule has 0 radical (unpaired) electrons. The van der Waals surface area contributed by atoms with E-state index in [4.69, 9.17) is 11.6 Å². The molecular formula is C21H27ClFN5O4S. The van der Waals surface area contributed by atoms with Gasteiger partial charge in [0.1, 0.15) is 0 Å². The van der Waals surface area contributed by atoms with Crippen LogP contribution in [0.25, 0.3) is 11.3 Å². The first-order valence-corrected chi connectivity index (χ1v) is 12.7. The second-order valence-corrected chi connectivity index (χ2v) is 10.4. The van der Waals surface area contributed by atoms with Gasteiger partial charge in [0.05, 0.1) is 28.4 Å². The minimum Gasteiger partial charge on any atom is -0.353 e. The van der Waals surface area contributed by atoms with E-state index in [2.05, 4.69) is 15.7 Å². The van der Waals surface area contributed by atoms with Crippen molar-refractivity contribution in [1.82, 2.24) is 25.1 Å². The number of hydrazine groups is 1. The van der Waals surface area contributed by atoms with Crippen molar-refractivity contribution in [2.45, 2.75) is 45.1 Å².